The van der Waals surface area contributed by atoms with E-state index in [0.29, 0.717) is 169 Å². The van der Waals surface area contributed by atoms with Crippen LogP contribution in [0.15, 0.2) is 218 Å². The molecule has 5 heterocycles. The molecule has 7 amide bonds. The van der Waals surface area contributed by atoms with Crippen LogP contribution in [0.5, 0.6) is 0 Å². The van der Waals surface area contributed by atoms with Crippen LogP contribution in [0.2, 0.25) is 15.1 Å². The second-order valence-corrected chi connectivity index (χ2v) is 30.4. The molecule has 0 radical (unpaired) electrons. The molecule has 134 heavy (non-hydrogen) atoms. The van der Waals surface area contributed by atoms with Gasteiger partial charge in [-0.1, -0.05) is 222 Å². The topological polar surface area (TPSA) is 365 Å². The number of aryl methyl sites for hydroxylation is 1. The van der Waals surface area contributed by atoms with E-state index in [1.807, 2.05) is 115 Å². The van der Waals surface area contributed by atoms with Crippen molar-refractivity contribution in [1.82, 2.24) is 37.0 Å². The Bertz CT molecular complexity index is 4740. The summed E-state index contributed by atoms with van der Waals surface area (Å²) in [5.41, 5.74) is 8.02. The largest absolute Gasteiger partial charge is 1.00 e. The van der Waals surface area contributed by atoms with Crippen molar-refractivity contribution in [2.24, 2.45) is 0 Å². The first kappa shape index (κ1) is 122. The first-order valence-corrected chi connectivity index (χ1v) is 43.5. The van der Waals surface area contributed by atoms with Gasteiger partial charge in [0.15, 0.2) is 23.5 Å². The maximum atomic E-state index is 13.0. The number of aldehydes is 1. The molecule has 28 nitrogen and oxygen atoms in total. The second-order valence-electron chi connectivity index (χ2n) is 29.0. The maximum absolute atomic E-state index is 13.0. The minimum absolute atomic E-state index is 0. The molecule has 7 aromatic carbocycles. The monoisotopic (exact) mass is 1920 g/mol. The fourth-order valence-corrected chi connectivity index (χ4v) is 12.9. The number of hydroxylamine groups is 2. The van der Waals surface area contributed by atoms with Crippen molar-refractivity contribution in [2.75, 3.05) is 120 Å². The van der Waals surface area contributed by atoms with Crippen LogP contribution in [0, 0.1) is 11.3 Å². The van der Waals surface area contributed by atoms with Gasteiger partial charge < -0.3 is 85.9 Å². The number of benzene rings is 7. The van der Waals surface area contributed by atoms with Gasteiger partial charge in [-0.05, 0) is 157 Å². The Kier molecular flexibility index (Phi) is 67.0. The molecule has 12 rings (SSSR count). The summed E-state index contributed by atoms with van der Waals surface area (Å²) in [5.74, 6) is -3.68. The minimum atomic E-state index is -1.42. The molecule has 0 bridgehead atoms. The number of carbonyl (C=O) groups excluding carboxylic acids is 9. The third kappa shape index (κ3) is 48.1. The molecule has 5 atom stereocenters. The number of aliphatic hydroxyl groups is 1. The number of hydrogen-bond acceptors (Lipinski definition) is 21. The number of rotatable bonds is 15. The Morgan fingerprint density at radius 3 is 1.17 bits per heavy atom. The Balaban J connectivity index is 0.00000167. The van der Waals surface area contributed by atoms with Gasteiger partial charge in [-0.25, -0.2) is 5.06 Å². The van der Waals surface area contributed by atoms with Gasteiger partial charge in [-0.3, -0.25) is 43.2 Å². The smallest absolute Gasteiger partial charge is 1.00 e. The van der Waals surface area contributed by atoms with Crippen LogP contribution in [0.1, 0.15) is 156 Å². The minimum Gasteiger partial charge on any atom is -1.00 e. The molecule has 7 aromatic rings. The number of Topliss-reactive ketones (excluding diaryl/α,β-unsaturated/α-hetero) is 1. The average molecular weight is 1920 g/mol. The number of nitriles is 1. The van der Waals surface area contributed by atoms with E-state index in [1.54, 1.807) is 103 Å². The summed E-state index contributed by atoms with van der Waals surface area (Å²) < 4.78 is 48.9. The van der Waals surface area contributed by atoms with Gasteiger partial charge in [0.05, 0.1) is 131 Å². The first-order chi connectivity index (χ1) is 62.3. The van der Waals surface area contributed by atoms with Crippen molar-refractivity contribution in [2.45, 2.75) is 151 Å². The van der Waals surface area contributed by atoms with E-state index >= 15 is 0 Å². The SMILES string of the molecule is C.C.C.C.C1CCOC1.CON(C)C(=O)[C@@H]1C/C=C/COCCOCc2ccccc2C(=O)N1.N#CCCc1ccc(Cl)cc1.O=C(NCCc1ccc(Cl)cc1)C(=O)[C@@H]1C/C=C/COCCOCc2ccccc2C(=O)N1.O=C1N[C@H](C(O)C(=O)NCCc2ccc(Cl)cc2)C/C=C/COCCOCc2ccccc21.O=C[C@@H]1C/C=C/COCCOCc2ccccc2C(=O)N1.[AlH3].[H-].[Li+]. The van der Waals surface area contributed by atoms with Crippen LogP contribution >= 0.6 is 34.8 Å². The van der Waals surface area contributed by atoms with Crippen molar-refractivity contribution >= 4 is 106 Å². The summed E-state index contributed by atoms with van der Waals surface area (Å²) in [7, 11) is 2.91. The van der Waals surface area contributed by atoms with Gasteiger partial charge in [0, 0.05) is 77.1 Å². The standard InChI is InChI=1S/C25H29ClN2O5.C25H27ClN2O5.C18H24N2O5.C16H19NO4.C9H8ClN.C4H8O.4CH4.Al.Li.4H/c2*26-20-10-8-18(9-11-20)12-13-27-25(31)23(29)22-7-3-4-14-32-15-16-33-17-19-5-1-2-6-21(19)24(30)28-22;1-20(23-2)18(22)16-9-5-6-10-24-11-12-25-13-14-7-3-4-8-15(14)17(21)19-16;18-11-14-6-3-4-8-20-9-10-21-12-13-5-1-2-7-15(13)16(19)17-14;10-9-5-3-8(4-6-9)2-1-7-11;1-2-4-5-3-1;;;;;;;;;;/h1-6,8-11,22-23,29H,7,12-17H2,(H,27,31)(H,28,30);1-6,8-11,22H,7,12-17H2,(H,27,31)(H,28,30);3-8,16H,9-13H2,1-2H3,(H,19,21);1-5,7,11,14H,6,8-10,12H2,(H,17,19);3-6H,1-2H2;1-4H2;4*1H4;;;;;;/q;;;;;;;;;;;+1;;;;-1/b2*4-3+;6-5+;4-3+;;;;;;;;;;;;/t22-,23?;22-;16-;14-;;;;;;;;;;;;/m0000............/s1. The van der Waals surface area contributed by atoms with E-state index in [-0.39, 0.29) is 124 Å². The van der Waals surface area contributed by atoms with Crippen molar-refractivity contribution in [3.05, 3.63) is 295 Å². The molecule has 33 heteroatoms. The number of amides is 7. The number of fused-ring (bicyclic) bond motifs is 4. The number of nitrogens with one attached hydrogen (secondary N) is 6. The number of ether oxygens (including phenoxy) is 9. The summed E-state index contributed by atoms with van der Waals surface area (Å²) in [4.78, 5) is 117. The molecular formula is C101H135AlCl3LiN8O20. The second kappa shape index (κ2) is 73.5. The Morgan fingerprint density at radius 2 is 0.799 bits per heavy atom. The Morgan fingerprint density at radius 1 is 0.463 bits per heavy atom. The van der Waals surface area contributed by atoms with Crippen molar-refractivity contribution in [3.8, 4) is 6.07 Å². The zero-order valence-electron chi connectivity index (χ0n) is 74.2. The number of likely N-dealkylation sites (N-methyl/N-ethyl adjacent to an activating group) is 1. The van der Waals surface area contributed by atoms with Gasteiger partial charge in [-0.2, -0.15) is 5.26 Å². The molecule has 1 saturated heterocycles. The van der Waals surface area contributed by atoms with Crippen LogP contribution in [0.3, 0.4) is 0 Å². The molecular weight excluding hydrogens is 1790 g/mol. The quantitative estimate of drug-likeness (QED) is 0.0165. The number of hydrogen-bond donors (Lipinski definition) is 7. The predicted molar refractivity (Wildman–Crippen MR) is 524 cm³/mol. The molecule has 0 spiro atoms. The molecule has 1 unspecified atom stereocenters. The summed E-state index contributed by atoms with van der Waals surface area (Å²) in [5, 5.41) is 38.6. The van der Waals surface area contributed by atoms with E-state index in [1.165, 1.54) is 27.0 Å². The number of halogens is 3. The van der Waals surface area contributed by atoms with E-state index in [4.69, 9.17) is 87.5 Å². The van der Waals surface area contributed by atoms with Gasteiger partial charge in [-0.15, -0.1) is 0 Å². The van der Waals surface area contributed by atoms with Crippen LogP contribution in [-0.2, 0) is 117 Å². The van der Waals surface area contributed by atoms with E-state index in [9.17, 15) is 48.3 Å². The zero-order chi connectivity index (χ0) is 91.6. The summed E-state index contributed by atoms with van der Waals surface area (Å²) in [6.07, 6.45) is 20.0. The molecule has 5 aliphatic heterocycles. The van der Waals surface area contributed by atoms with Crippen LogP contribution in [-0.4, -0.2) is 231 Å². The third-order valence-corrected chi connectivity index (χ3v) is 20.4. The van der Waals surface area contributed by atoms with Gasteiger partial charge in [0.2, 0.25) is 5.78 Å². The summed E-state index contributed by atoms with van der Waals surface area (Å²) in [6, 6.07) is 49.7. The van der Waals surface area contributed by atoms with E-state index in [0.717, 1.165) is 69.4 Å². The molecule has 0 aromatic heterocycles. The zero-order valence-corrected chi connectivity index (χ0v) is 75.5. The predicted octanol–water partition coefficient (Wildman–Crippen LogP) is 10.4. The average Bonchev–Trinajstić information content (AvgIpc) is 1.30. The molecule has 724 valence electrons. The molecule has 7 N–H and O–H groups in total. The number of aliphatic hydroxyl groups excluding tert-OH is 1. The van der Waals surface area contributed by atoms with Crippen LogP contribution in [0.25, 0.3) is 0 Å². The fourth-order valence-electron chi connectivity index (χ4n) is 12.5. The van der Waals surface area contributed by atoms with Gasteiger partial charge in [0.1, 0.15) is 18.4 Å². The van der Waals surface area contributed by atoms with Gasteiger partial charge in [0.25, 0.3) is 41.4 Å². The summed E-state index contributed by atoms with van der Waals surface area (Å²) in [6.45, 7) is 8.97. The molecule has 5 aliphatic rings. The Labute approximate surface area is 829 Å². The number of carbonyl (C=O) groups is 9. The molecule has 0 aliphatic carbocycles. The van der Waals surface area contributed by atoms with Gasteiger partial charge >= 0.3 is 18.9 Å². The van der Waals surface area contributed by atoms with Crippen molar-refractivity contribution in [3.63, 3.8) is 0 Å². The maximum Gasteiger partial charge on any atom is 1.00 e. The van der Waals surface area contributed by atoms with Crippen molar-refractivity contribution < 1.29 is 116 Å². The van der Waals surface area contributed by atoms with Crippen LogP contribution < -0.4 is 50.8 Å². The summed E-state index contributed by atoms with van der Waals surface area (Å²) >= 11 is 17.5. The fraction of sp³-hybridized carbons (Fsp3) is 0.406. The Hall–Kier alpha value is -9.82. The molecule has 1 fully saturated rings. The first-order valence-electron chi connectivity index (χ1n) is 42.4. The molecule has 0 saturated carbocycles. The van der Waals surface area contributed by atoms with Crippen molar-refractivity contribution in [1.29, 1.82) is 5.26 Å². The van der Waals surface area contributed by atoms with Crippen LogP contribution in [0.4, 0.5) is 0 Å². The number of ketones is 1. The van der Waals surface area contributed by atoms with E-state index < -0.39 is 53.8 Å². The third-order valence-electron chi connectivity index (χ3n) is 19.6. The number of nitrogens with zero attached hydrogens (tertiary/aromatic N) is 2. The van der Waals surface area contributed by atoms with E-state index in [2.05, 4.69) is 38.0 Å². The normalized spacial score (nSPS) is 18.3.